The van der Waals surface area contributed by atoms with Crippen LogP contribution in [0.1, 0.15) is 65.0 Å². The van der Waals surface area contributed by atoms with Crippen LogP contribution in [0.25, 0.3) is 0 Å². The molecule has 0 radical (unpaired) electrons. The van der Waals surface area contributed by atoms with Crippen LogP contribution >= 0.6 is 0 Å². The fraction of sp³-hybridized carbons (Fsp3) is 0.630. The first kappa shape index (κ1) is 26.9. The standard InChI is InChI=1S/C27H36FN5O4/c1-5-22(17-8-10-18(28)11-9-17)33-20-13-23(25(33)35)31(15-20)16-21(30-26(36)37-27(2,3)4)24(34)32-12-6-7-19(32)14-29/h8-11,19-23H,5-7,12-13,15-16H2,1-4H3,(H,30,36)/t19-,20+,21-,22+,23+/m0/s1. The van der Waals surface area contributed by atoms with Crippen molar-refractivity contribution in [2.45, 2.75) is 89.2 Å². The van der Waals surface area contributed by atoms with Crippen LogP contribution in [0.3, 0.4) is 0 Å². The van der Waals surface area contributed by atoms with Gasteiger partial charge in [0, 0.05) is 25.7 Å². The fourth-order valence-corrected chi connectivity index (χ4v) is 5.81. The molecule has 1 N–H and O–H groups in total. The smallest absolute Gasteiger partial charge is 0.408 e. The first-order valence-electron chi connectivity index (χ1n) is 13.0. The summed E-state index contributed by atoms with van der Waals surface area (Å²) in [5.74, 6) is -0.671. The zero-order valence-corrected chi connectivity index (χ0v) is 21.9. The maximum atomic E-state index is 13.5. The molecule has 0 aromatic heterocycles. The molecule has 4 rings (SSSR count). The Morgan fingerprint density at radius 3 is 2.57 bits per heavy atom. The molecule has 5 atom stereocenters. The zero-order chi connectivity index (χ0) is 26.9. The van der Waals surface area contributed by atoms with Crippen molar-refractivity contribution >= 4 is 17.9 Å². The molecule has 3 amide bonds. The van der Waals surface area contributed by atoms with Gasteiger partial charge in [0.1, 0.15) is 23.5 Å². The summed E-state index contributed by atoms with van der Waals surface area (Å²) >= 11 is 0. The largest absolute Gasteiger partial charge is 0.444 e. The summed E-state index contributed by atoms with van der Waals surface area (Å²) in [4.78, 5) is 45.0. The van der Waals surface area contributed by atoms with Gasteiger partial charge in [-0.3, -0.25) is 14.5 Å². The van der Waals surface area contributed by atoms with Gasteiger partial charge in [0.25, 0.3) is 0 Å². The second-order valence-electron chi connectivity index (χ2n) is 11.1. The Morgan fingerprint density at radius 1 is 1.27 bits per heavy atom. The number of likely N-dealkylation sites (tertiary alicyclic amines) is 3. The zero-order valence-electron chi connectivity index (χ0n) is 21.9. The van der Waals surface area contributed by atoms with Gasteiger partial charge in [-0.2, -0.15) is 5.26 Å². The molecular formula is C27H36FN5O4. The quantitative estimate of drug-likeness (QED) is 0.601. The van der Waals surface area contributed by atoms with Crippen LogP contribution in [0.4, 0.5) is 9.18 Å². The summed E-state index contributed by atoms with van der Waals surface area (Å²) in [6.45, 7) is 8.41. The van der Waals surface area contributed by atoms with Crippen LogP contribution in [-0.2, 0) is 14.3 Å². The highest BCUT2D eigenvalue weighted by Crippen LogP contribution is 2.39. The Morgan fingerprint density at radius 2 is 1.97 bits per heavy atom. The third-order valence-corrected chi connectivity index (χ3v) is 7.38. The number of rotatable bonds is 7. The topological polar surface area (TPSA) is 106 Å². The predicted octanol–water partition coefficient (Wildman–Crippen LogP) is 2.97. The third kappa shape index (κ3) is 5.72. The lowest BCUT2D eigenvalue weighted by Crippen LogP contribution is -2.59. The highest BCUT2D eigenvalue weighted by Gasteiger charge is 2.52. The number of nitrogens with one attached hydrogen (secondary N) is 1. The molecule has 10 heteroatoms. The van der Waals surface area contributed by atoms with Crippen LogP contribution in [-0.4, -0.2) is 82.0 Å². The number of piperazine rings is 1. The van der Waals surface area contributed by atoms with Gasteiger partial charge in [-0.1, -0.05) is 19.1 Å². The summed E-state index contributed by atoms with van der Waals surface area (Å²) in [5, 5.41) is 12.2. The Labute approximate surface area is 217 Å². The highest BCUT2D eigenvalue weighted by molar-refractivity contribution is 5.88. The maximum Gasteiger partial charge on any atom is 0.408 e. The van der Waals surface area contributed by atoms with Crippen LogP contribution in [0.15, 0.2) is 24.3 Å². The first-order chi connectivity index (χ1) is 17.5. The van der Waals surface area contributed by atoms with Crippen LogP contribution in [0.2, 0.25) is 0 Å². The summed E-state index contributed by atoms with van der Waals surface area (Å²) in [5.41, 5.74) is 0.159. The number of fused-ring (bicyclic) bond motifs is 2. The van der Waals surface area contributed by atoms with E-state index in [4.69, 9.17) is 4.74 Å². The van der Waals surface area contributed by atoms with Crippen LogP contribution in [0.5, 0.6) is 0 Å². The van der Waals surface area contributed by atoms with Crippen molar-refractivity contribution in [3.63, 3.8) is 0 Å². The number of nitriles is 1. The highest BCUT2D eigenvalue weighted by atomic mass is 19.1. The molecule has 3 aliphatic heterocycles. The number of benzene rings is 1. The number of hydrogen-bond donors (Lipinski definition) is 1. The van der Waals surface area contributed by atoms with E-state index < -0.39 is 29.8 Å². The van der Waals surface area contributed by atoms with Crippen LogP contribution in [0, 0.1) is 17.1 Å². The van der Waals surface area contributed by atoms with Gasteiger partial charge in [0.2, 0.25) is 11.8 Å². The monoisotopic (exact) mass is 513 g/mol. The van der Waals surface area contributed by atoms with Crippen molar-refractivity contribution in [1.29, 1.82) is 5.26 Å². The molecule has 3 saturated heterocycles. The molecule has 0 saturated carbocycles. The van der Waals surface area contributed by atoms with Gasteiger partial charge in [0.15, 0.2) is 0 Å². The van der Waals surface area contributed by atoms with Crippen molar-refractivity contribution < 1.29 is 23.5 Å². The summed E-state index contributed by atoms with van der Waals surface area (Å²) in [6.07, 6.45) is 1.96. The minimum atomic E-state index is -0.941. The molecule has 3 heterocycles. The van der Waals surface area contributed by atoms with Crippen LogP contribution < -0.4 is 5.32 Å². The molecule has 37 heavy (non-hydrogen) atoms. The molecule has 2 bridgehead atoms. The fourth-order valence-electron chi connectivity index (χ4n) is 5.81. The minimum Gasteiger partial charge on any atom is -0.444 e. The normalized spacial score (nSPS) is 25.2. The number of halogens is 1. The Bertz CT molecular complexity index is 1070. The second kappa shape index (κ2) is 10.7. The molecule has 3 fully saturated rings. The molecule has 3 aliphatic rings. The molecule has 0 unspecified atom stereocenters. The van der Waals surface area contributed by atoms with E-state index in [1.165, 1.54) is 17.0 Å². The van der Waals surface area contributed by atoms with Crippen molar-refractivity contribution in [1.82, 2.24) is 20.0 Å². The van der Waals surface area contributed by atoms with Gasteiger partial charge in [-0.25, -0.2) is 9.18 Å². The number of hydrogen-bond acceptors (Lipinski definition) is 6. The van der Waals surface area contributed by atoms with Gasteiger partial charge in [-0.15, -0.1) is 0 Å². The molecule has 9 nitrogen and oxygen atoms in total. The lowest BCUT2D eigenvalue weighted by atomic mass is 10.0. The first-order valence-corrected chi connectivity index (χ1v) is 13.0. The molecule has 1 aromatic rings. The van der Waals surface area contributed by atoms with E-state index in [0.717, 1.165) is 12.0 Å². The number of carbonyl (C=O) groups excluding carboxylic acids is 3. The SMILES string of the molecule is CC[C@H](c1ccc(F)cc1)N1C(=O)[C@H]2C[C@@H]1CN2C[C@H](NC(=O)OC(C)(C)C)C(=O)N1CCC[C@H]1C#N. The van der Waals surface area contributed by atoms with Gasteiger partial charge in [-0.05, 0) is 64.2 Å². The molecule has 0 spiro atoms. The van der Waals surface area contributed by atoms with Crippen molar-refractivity contribution in [3.8, 4) is 6.07 Å². The second-order valence-corrected chi connectivity index (χ2v) is 11.1. The van der Waals surface area contributed by atoms with Gasteiger partial charge in [0.05, 0.1) is 18.2 Å². The molecular weight excluding hydrogens is 477 g/mol. The van der Waals surface area contributed by atoms with E-state index in [0.29, 0.717) is 32.4 Å². The summed E-state index contributed by atoms with van der Waals surface area (Å²) < 4.78 is 18.9. The Hall–Kier alpha value is -3.19. The lowest BCUT2D eigenvalue weighted by Gasteiger charge is -2.40. The molecule has 1 aromatic carbocycles. The Kier molecular flexibility index (Phi) is 7.74. The van der Waals surface area contributed by atoms with Crippen molar-refractivity contribution in [3.05, 3.63) is 35.6 Å². The molecule has 200 valence electrons. The average molecular weight is 514 g/mol. The predicted molar refractivity (Wildman–Crippen MR) is 134 cm³/mol. The van der Waals surface area contributed by atoms with Crippen molar-refractivity contribution in [2.24, 2.45) is 0 Å². The van der Waals surface area contributed by atoms with E-state index in [1.54, 1.807) is 32.9 Å². The number of carbonyl (C=O) groups is 3. The maximum absolute atomic E-state index is 13.5. The number of amides is 3. The van der Waals surface area contributed by atoms with E-state index >= 15 is 0 Å². The van der Waals surface area contributed by atoms with E-state index in [1.807, 2.05) is 16.7 Å². The number of ether oxygens (including phenoxy) is 1. The number of nitrogens with zero attached hydrogens (tertiary/aromatic N) is 4. The third-order valence-electron chi connectivity index (χ3n) is 7.38. The summed E-state index contributed by atoms with van der Waals surface area (Å²) in [7, 11) is 0. The van der Waals surface area contributed by atoms with Crippen molar-refractivity contribution in [2.75, 3.05) is 19.6 Å². The lowest BCUT2D eigenvalue weighted by molar-refractivity contribution is -0.141. The average Bonchev–Trinajstić information content (AvgIpc) is 3.54. The van der Waals surface area contributed by atoms with E-state index in [-0.39, 0.29) is 36.3 Å². The Balaban J connectivity index is 1.49. The van der Waals surface area contributed by atoms with E-state index in [2.05, 4.69) is 11.4 Å². The minimum absolute atomic E-state index is 0.0213. The summed E-state index contributed by atoms with van der Waals surface area (Å²) in [6, 6.07) is 6.39. The number of alkyl carbamates (subject to hydrolysis) is 1. The van der Waals surface area contributed by atoms with Gasteiger partial charge >= 0.3 is 6.09 Å². The molecule has 0 aliphatic carbocycles. The van der Waals surface area contributed by atoms with E-state index in [9.17, 15) is 24.0 Å². The van der Waals surface area contributed by atoms with Gasteiger partial charge < -0.3 is 19.9 Å².